The molecule has 3 N–H and O–H groups in total. The molecule has 2 atom stereocenters. The molecule has 41 heavy (non-hydrogen) atoms. The minimum Gasteiger partial charge on any atom is -0.379 e. The normalized spacial score (nSPS) is 17.9. The number of fused-ring (bicyclic) bond motifs is 1. The Bertz CT molecular complexity index is 1220. The van der Waals surface area contributed by atoms with E-state index in [0.717, 1.165) is 54.0 Å². The summed E-state index contributed by atoms with van der Waals surface area (Å²) in [6.07, 6.45) is 4.81. The third kappa shape index (κ3) is 8.83. The maximum Gasteiger partial charge on any atom is 0.247 e. The molecule has 1 aromatic carbocycles. The van der Waals surface area contributed by atoms with Gasteiger partial charge in [0, 0.05) is 50.6 Å². The first-order valence-corrected chi connectivity index (χ1v) is 15.8. The SMILES string of the molecule is C=C(CN1CCOCC1)C(=O)NC[C@@H](NC(=O)[C@H](Cc1nc2ccc(C(C)C)cc2s1)NC(=O)CC)C1CCCC1. The average Bonchev–Trinajstić information content (AvgIpc) is 3.64. The molecule has 0 radical (unpaired) electrons. The lowest BCUT2D eigenvalue weighted by molar-refractivity contribution is -0.129. The van der Waals surface area contributed by atoms with Crippen molar-refractivity contribution in [1.82, 2.24) is 25.8 Å². The second-order valence-electron chi connectivity index (χ2n) is 11.5. The molecule has 224 valence electrons. The number of thiazole rings is 1. The summed E-state index contributed by atoms with van der Waals surface area (Å²) in [6, 6.07) is 5.30. The number of carbonyl (C=O) groups excluding carboxylic acids is 3. The van der Waals surface area contributed by atoms with Crippen molar-refractivity contribution in [2.24, 2.45) is 5.92 Å². The number of ether oxygens (including phenoxy) is 1. The van der Waals surface area contributed by atoms with Crippen molar-refractivity contribution in [2.75, 3.05) is 39.4 Å². The minimum atomic E-state index is -0.747. The quantitative estimate of drug-likeness (QED) is 0.311. The number of carbonyl (C=O) groups is 3. The van der Waals surface area contributed by atoms with E-state index in [1.165, 1.54) is 5.56 Å². The molecule has 0 unspecified atom stereocenters. The summed E-state index contributed by atoms with van der Waals surface area (Å²) in [5, 5.41) is 9.93. The van der Waals surface area contributed by atoms with Gasteiger partial charge >= 0.3 is 0 Å². The van der Waals surface area contributed by atoms with Gasteiger partial charge in [-0.1, -0.05) is 46.3 Å². The van der Waals surface area contributed by atoms with E-state index in [-0.39, 0.29) is 36.1 Å². The maximum atomic E-state index is 13.7. The number of amides is 3. The molecule has 10 heteroatoms. The molecule has 1 saturated heterocycles. The molecular formula is C31H45N5O4S. The van der Waals surface area contributed by atoms with Gasteiger partial charge in [-0.15, -0.1) is 11.3 Å². The van der Waals surface area contributed by atoms with Gasteiger partial charge in [-0.3, -0.25) is 19.3 Å². The number of hydrogen-bond acceptors (Lipinski definition) is 7. The summed E-state index contributed by atoms with van der Waals surface area (Å²) < 4.78 is 6.47. The Morgan fingerprint density at radius 2 is 1.88 bits per heavy atom. The predicted molar refractivity (Wildman–Crippen MR) is 163 cm³/mol. The standard InChI is InChI=1S/C31H45N5O4S/c1-5-28(37)33-25(17-29-34-24-11-10-23(20(2)3)16-27(24)41-29)31(39)35-26(22-8-6-7-9-22)18-32-30(38)21(4)19-36-12-14-40-15-13-36/h10-11,16,20,22,25-26H,4-9,12-15,17-19H2,1-3H3,(H,32,38)(H,33,37)(H,35,39)/t25-,26+/m0/s1. The summed E-state index contributed by atoms with van der Waals surface area (Å²) in [5.41, 5.74) is 2.66. The fourth-order valence-electron chi connectivity index (χ4n) is 5.52. The first-order valence-electron chi connectivity index (χ1n) is 15.0. The molecule has 1 saturated carbocycles. The summed E-state index contributed by atoms with van der Waals surface area (Å²) >= 11 is 1.56. The molecule has 1 aliphatic heterocycles. The molecule has 2 aromatic rings. The van der Waals surface area contributed by atoms with Crippen LogP contribution in [0.15, 0.2) is 30.4 Å². The first kappa shape index (κ1) is 31.1. The van der Waals surface area contributed by atoms with E-state index in [1.54, 1.807) is 18.3 Å². The fraction of sp³-hybridized carbons (Fsp3) is 0.613. The van der Waals surface area contributed by atoms with Gasteiger partial charge in [0.2, 0.25) is 17.7 Å². The van der Waals surface area contributed by atoms with Gasteiger partial charge < -0.3 is 20.7 Å². The van der Waals surface area contributed by atoms with Gasteiger partial charge in [-0.05, 0) is 42.4 Å². The highest BCUT2D eigenvalue weighted by molar-refractivity contribution is 7.18. The second-order valence-corrected chi connectivity index (χ2v) is 12.6. The molecule has 2 aliphatic rings. The van der Waals surface area contributed by atoms with Crippen LogP contribution in [0.2, 0.25) is 0 Å². The third-order valence-electron chi connectivity index (χ3n) is 8.09. The monoisotopic (exact) mass is 583 g/mol. The number of benzene rings is 1. The van der Waals surface area contributed by atoms with E-state index in [4.69, 9.17) is 9.72 Å². The lowest BCUT2D eigenvalue weighted by atomic mass is 9.97. The van der Waals surface area contributed by atoms with Crippen molar-refractivity contribution in [3.8, 4) is 0 Å². The van der Waals surface area contributed by atoms with Gasteiger partial charge in [0.05, 0.1) is 28.4 Å². The van der Waals surface area contributed by atoms with Gasteiger partial charge in [-0.2, -0.15) is 0 Å². The Morgan fingerprint density at radius 1 is 1.15 bits per heavy atom. The topological polar surface area (TPSA) is 113 Å². The van der Waals surface area contributed by atoms with Crippen LogP contribution >= 0.6 is 11.3 Å². The van der Waals surface area contributed by atoms with Crippen LogP contribution in [0.1, 0.15) is 69.4 Å². The second kappa shape index (κ2) is 14.9. The van der Waals surface area contributed by atoms with Gasteiger partial charge in [0.15, 0.2) is 0 Å². The fourth-order valence-corrected chi connectivity index (χ4v) is 6.58. The highest BCUT2D eigenvalue weighted by atomic mass is 32.1. The molecular weight excluding hydrogens is 538 g/mol. The summed E-state index contributed by atoms with van der Waals surface area (Å²) in [6.45, 7) is 13.8. The molecule has 3 amide bonds. The number of rotatable bonds is 13. The van der Waals surface area contributed by atoms with Crippen molar-refractivity contribution < 1.29 is 19.1 Å². The van der Waals surface area contributed by atoms with Crippen LogP contribution in [0.4, 0.5) is 0 Å². The van der Waals surface area contributed by atoms with Gasteiger partial charge in [-0.25, -0.2) is 4.98 Å². The van der Waals surface area contributed by atoms with Crippen LogP contribution < -0.4 is 16.0 Å². The maximum absolute atomic E-state index is 13.7. The Morgan fingerprint density at radius 3 is 2.56 bits per heavy atom. The van der Waals surface area contributed by atoms with Crippen molar-refractivity contribution >= 4 is 39.3 Å². The number of nitrogens with one attached hydrogen (secondary N) is 3. The molecule has 0 bridgehead atoms. The lowest BCUT2D eigenvalue weighted by Crippen LogP contribution is -2.55. The molecule has 1 aromatic heterocycles. The largest absolute Gasteiger partial charge is 0.379 e. The van der Waals surface area contributed by atoms with Gasteiger partial charge in [0.25, 0.3) is 0 Å². The molecule has 2 fully saturated rings. The van der Waals surface area contributed by atoms with Crippen LogP contribution in [0.3, 0.4) is 0 Å². The Hall–Kier alpha value is -2.82. The van der Waals surface area contributed by atoms with E-state index < -0.39 is 6.04 Å². The van der Waals surface area contributed by atoms with E-state index in [0.29, 0.717) is 44.2 Å². The van der Waals surface area contributed by atoms with E-state index in [2.05, 4.69) is 53.4 Å². The number of nitrogens with zero attached hydrogens (tertiary/aromatic N) is 2. The summed E-state index contributed by atoms with van der Waals surface area (Å²) in [4.78, 5) is 45.9. The van der Waals surface area contributed by atoms with E-state index >= 15 is 0 Å². The van der Waals surface area contributed by atoms with Crippen LogP contribution in [0.25, 0.3) is 10.2 Å². The summed E-state index contributed by atoms with van der Waals surface area (Å²) in [5.74, 6) is 0.0635. The minimum absolute atomic E-state index is 0.182. The molecule has 4 rings (SSSR count). The Kier molecular flexibility index (Phi) is 11.3. The van der Waals surface area contributed by atoms with Crippen molar-refractivity contribution in [1.29, 1.82) is 0 Å². The molecule has 2 heterocycles. The van der Waals surface area contributed by atoms with E-state index in [1.807, 2.05) is 6.07 Å². The lowest BCUT2D eigenvalue weighted by Gasteiger charge is -2.29. The van der Waals surface area contributed by atoms with Gasteiger partial charge in [0.1, 0.15) is 6.04 Å². The van der Waals surface area contributed by atoms with Crippen LogP contribution in [-0.4, -0.2) is 79.1 Å². The smallest absolute Gasteiger partial charge is 0.247 e. The summed E-state index contributed by atoms with van der Waals surface area (Å²) in [7, 11) is 0. The predicted octanol–water partition coefficient (Wildman–Crippen LogP) is 3.54. The zero-order valence-corrected chi connectivity index (χ0v) is 25.5. The molecule has 1 aliphatic carbocycles. The number of aromatic nitrogens is 1. The van der Waals surface area contributed by atoms with E-state index in [9.17, 15) is 14.4 Å². The van der Waals surface area contributed by atoms with Crippen molar-refractivity contribution in [2.45, 2.75) is 77.3 Å². The number of morpholine rings is 1. The highest BCUT2D eigenvalue weighted by Gasteiger charge is 2.31. The first-order chi connectivity index (χ1) is 19.7. The van der Waals surface area contributed by atoms with Crippen LogP contribution in [-0.2, 0) is 25.5 Å². The highest BCUT2D eigenvalue weighted by Crippen LogP contribution is 2.29. The van der Waals surface area contributed by atoms with Crippen molar-refractivity contribution in [3.63, 3.8) is 0 Å². The zero-order chi connectivity index (χ0) is 29.4. The van der Waals surface area contributed by atoms with Crippen LogP contribution in [0, 0.1) is 5.92 Å². The Labute approximate surface area is 247 Å². The third-order valence-corrected chi connectivity index (χ3v) is 9.13. The zero-order valence-electron chi connectivity index (χ0n) is 24.7. The molecule has 0 spiro atoms. The number of hydrogen-bond donors (Lipinski definition) is 3. The average molecular weight is 584 g/mol. The molecule has 9 nitrogen and oxygen atoms in total. The van der Waals surface area contributed by atoms with Crippen LogP contribution in [0.5, 0.6) is 0 Å². The Balaban J connectivity index is 1.42. The van der Waals surface area contributed by atoms with Crippen molar-refractivity contribution in [3.05, 3.63) is 40.9 Å².